The number of rotatable bonds is 3. The fourth-order valence-electron chi connectivity index (χ4n) is 4.76. The van der Waals surface area contributed by atoms with E-state index in [9.17, 15) is 0 Å². The molecule has 5 rings (SSSR count). The Kier molecular flexibility index (Phi) is 4.19. The van der Waals surface area contributed by atoms with Gasteiger partial charge in [-0.2, -0.15) is 0 Å². The quantitative estimate of drug-likeness (QED) is 0.641. The van der Waals surface area contributed by atoms with Crippen LogP contribution < -0.4 is 4.90 Å². The first-order chi connectivity index (χ1) is 13.6. The molecule has 3 nitrogen and oxygen atoms in total. The Morgan fingerprint density at radius 2 is 1.57 bits per heavy atom. The number of fused-ring (bicyclic) bond motifs is 1. The average molecular weight is 370 g/mol. The van der Waals surface area contributed by atoms with Crippen LogP contribution in [0, 0.1) is 13.8 Å². The smallest absolute Gasteiger partial charge is 0.125 e. The molecule has 28 heavy (non-hydrogen) atoms. The van der Waals surface area contributed by atoms with Crippen LogP contribution in [0.1, 0.15) is 53.0 Å². The molecule has 0 unspecified atom stereocenters. The number of hydrogen-bond acceptors (Lipinski definition) is 3. The summed E-state index contributed by atoms with van der Waals surface area (Å²) in [6.07, 6.45) is 6.84. The van der Waals surface area contributed by atoms with Crippen LogP contribution in [-0.4, -0.2) is 16.5 Å². The Hall–Kier alpha value is -2.68. The molecule has 142 valence electrons. The molecule has 0 N–H and O–H groups in total. The first-order valence-electron chi connectivity index (χ1n) is 10.4. The topological polar surface area (TPSA) is 29.0 Å². The van der Waals surface area contributed by atoms with Crippen molar-refractivity contribution in [3.63, 3.8) is 0 Å². The Morgan fingerprint density at radius 1 is 0.893 bits per heavy atom. The summed E-state index contributed by atoms with van der Waals surface area (Å²) in [6, 6.07) is 18.5. The van der Waals surface area contributed by atoms with Crippen molar-refractivity contribution >= 4 is 5.69 Å². The zero-order valence-electron chi connectivity index (χ0n) is 16.8. The number of benzene rings is 2. The summed E-state index contributed by atoms with van der Waals surface area (Å²) in [6.45, 7) is 6.04. The minimum absolute atomic E-state index is 0.213. The molecule has 2 heterocycles. The lowest BCUT2D eigenvalue weighted by Gasteiger charge is -2.43. The minimum atomic E-state index is 0.213. The number of anilines is 1. The van der Waals surface area contributed by atoms with Gasteiger partial charge in [-0.05, 0) is 61.9 Å². The lowest BCUT2D eigenvalue weighted by atomic mass is 9.60. The van der Waals surface area contributed by atoms with Crippen molar-refractivity contribution in [3.8, 4) is 0 Å². The number of aryl methyl sites for hydroxylation is 2. The third-order valence-electron chi connectivity index (χ3n) is 6.66. The predicted molar refractivity (Wildman–Crippen MR) is 114 cm³/mol. The van der Waals surface area contributed by atoms with Crippen molar-refractivity contribution in [1.29, 1.82) is 0 Å². The fourth-order valence-corrected chi connectivity index (χ4v) is 4.76. The molecular weight excluding hydrogens is 342 g/mol. The van der Waals surface area contributed by atoms with Crippen LogP contribution in [0.4, 0.5) is 5.69 Å². The normalized spacial score (nSPS) is 17.7. The SMILES string of the molecule is Cc1ccc(C2(c3ccc(N4CCc5cnc(C)nc5C4)cc3)CCC2)cc1. The fraction of sp³-hybridized carbons (Fsp3) is 0.360. The van der Waals surface area contributed by atoms with E-state index in [-0.39, 0.29) is 5.41 Å². The molecule has 2 aliphatic rings. The number of nitrogens with zero attached hydrogens (tertiary/aromatic N) is 3. The molecule has 0 spiro atoms. The van der Waals surface area contributed by atoms with Gasteiger partial charge in [-0.15, -0.1) is 0 Å². The summed E-state index contributed by atoms with van der Waals surface area (Å²) in [5.41, 5.74) is 8.25. The van der Waals surface area contributed by atoms with Crippen molar-refractivity contribution in [2.75, 3.05) is 11.4 Å². The summed E-state index contributed by atoms with van der Waals surface area (Å²) in [7, 11) is 0. The molecule has 1 saturated carbocycles. The van der Waals surface area contributed by atoms with Crippen molar-refractivity contribution in [1.82, 2.24) is 9.97 Å². The van der Waals surface area contributed by atoms with Gasteiger partial charge in [-0.3, -0.25) is 0 Å². The van der Waals surface area contributed by atoms with E-state index in [0.29, 0.717) is 0 Å². The highest BCUT2D eigenvalue weighted by atomic mass is 15.1. The first kappa shape index (κ1) is 17.4. The highest BCUT2D eigenvalue weighted by Crippen LogP contribution is 2.49. The van der Waals surface area contributed by atoms with E-state index < -0.39 is 0 Å². The molecule has 0 amide bonds. The second kappa shape index (κ2) is 6.73. The molecule has 1 fully saturated rings. The largest absolute Gasteiger partial charge is 0.365 e. The van der Waals surface area contributed by atoms with Crippen LogP contribution in [0.15, 0.2) is 54.7 Å². The van der Waals surface area contributed by atoms with Crippen LogP contribution in [0.2, 0.25) is 0 Å². The van der Waals surface area contributed by atoms with E-state index >= 15 is 0 Å². The zero-order valence-corrected chi connectivity index (χ0v) is 16.8. The monoisotopic (exact) mass is 369 g/mol. The van der Waals surface area contributed by atoms with Crippen molar-refractivity contribution in [3.05, 3.63) is 88.5 Å². The standard InChI is InChI=1S/C25H27N3/c1-18-4-6-21(7-5-18)25(13-3-14-25)22-8-10-23(11-9-22)28-15-12-20-16-26-19(2)27-24(20)17-28/h4-11,16H,3,12-15,17H2,1-2H3. The zero-order chi connectivity index (χ0) is 19.1. The molecule has 1 aliphatic carbocycles. The lowest BCUT2D eigenvalue weighted by Crippen LogP contribution is -2.35. The van der Waals surface area contributed by atoms with E-state index in [1.54, 1.807) is 0 Å². The molecule has 1 aromatic heterocycles. The summed E-state index contributed by atoms with van der Waals surface area (Å²) < 4.78 is 0. The minimum Gasteiger partial charge on any atom is -0.365 e. The van der Waals surface area contributed by atoms with Gasteiger partial charge < -0.3 is 4.90 Å². The Labute approximate surface area is 167 Å². The molecule has 0 bridgehead atoms. The Balaban J connectivity index is 1.41. The molecule has 1 aliphatic heterocycles. The van der Waals surface area contributed by atoms with Crippen LogP contribution >= 0.6 is 0 Å². The maximum atomic E-state index is 4.66. The lowest BCUT2D eigenvalue weighted by molar-refractivity contribution is 0.301. The van der Waals surface area contributed by atoms with Gasteiger partial charge in [0.1, 0.15) is 5.82 Å². The van der Waals surface area contributed by atoms with Crippen LogP contribution in [-0.2, 0) is 18.4 Å². The predicted octanol–water partition coefficient (Wildman–Crippen LogP) is 5.13. The molecule has 0 saturated heterocycles. The van der Waals surface area contributed by atoms with Gasteiger partial charge in [0, 0.05) is 23.8 Å². The van der Waals surface area contributed by atoms with Crippen molar-refractivity contribution in [2.45, 2.75) is 51.5 Å². The molecule has 0 radical (unpaired) electrons. The van der Waals surface area contributed by atoms with Gasteiger partial charge in [0.05, 0.1) is 12.2 Å². The maximum absolute atomic E-state index is 4.66. The molecular formula is C25H27N3. The van der Waals surface area contributed by atoms with E-state index in [1.165, 1.54) is 52.9 Å². The van der Waals surface area contributed by atoms with Crippen molar-refractivity contribution < 1.29 is 0 Å². The van der Waals surface area contributed by atoms with Gasteiger partial charge in [0.15, 0.2) is 0 Å². The van der Waals surface area contributed by atoms with Crippen LogP contribution in [0.25, 0.3) is 0 Å². The van der Waals surface area contributed by atoms with Gasteiger partial charge in [-0.25, -0.2) is 9.97 Å². The second-order valence-corrected chi connectivity index (χ2v) is 8.41. The number of hydrogen-bond donors (Lipinski definition) is 0. The van der Waals surface area contributed by atoms with Crippen LogP contribution in [0.3, 0.4) is 0 Å². The highest BCUT2D eigenvalue weighted by molar-refractivity contribution is 5.53. The van der Waals surface area contributed by atoms with Gasteiger partial charge in [0.25, 0.3) is 0 Å². The Bertz CT molecular complexity index is 985. The van der Waals surface area contributed by atoms with E-state index in [4.69, 9.17) is 0 Å². The van der Waals surface area contributed by atoms with E-state index in [1.807, 2.05) is 13.1 Å². The number of aromatic nitrogens is 2. The van der Waals surface area contributed by atoms with Gasteiger partial charge >= 0.3 is 0 Å². The summed E-state index contributed by atoms with van der Waals surface area (Å²) in [5, 5.41) is 0. The molecule has 3 aromatic rings. The maximum Gasteiger partial charge on any atom is 0.125 e. The first-order valence-corrected chi connectivity index (χ1v) is 10.4. The van der Waals surface area contributed by atoms with E-state index in [0.717, 1.165) is 25.3 Å². The summed E-state index contributed by atoms with van der Waals surface area (Å²) in [4.78, 5) is 11.5. The van der Waals surface area contributed by atoms with Gasteiger partial charge in [-0.1, -0.05) is 48.4 Å². The highest BCUT2D eigenvalue weighted by Gasteiger charge is 2.40. The van der Waals surface area contributed by atoms with E-state index in [2.05, 4.69) is 70.3 Å². The van der Waals surface area contributed by atoms with Crippen LogP contribution in [0.5, 0.6) is 0 Å². The molecule has 0 atom stereocenters. The van der Waals surface area contributed by atoms with Gasteiger partial charge in [0.2, 0.25) is 0 Å². The second-order valence-electron chi connectivity index (χ2n) is 8.41. The Morgan fingerprint density at radius 3 is 2.21 bits per heavy atom. The molecule has 2 aromatic carbocycles. The summed E-state index contributed by atoms with van der Waals surface area (Å²) >= 11 is 0. The summed E-state index contributed by atoms with van der Waals surface area (Å²) in [5.74, 6) is 0.862. The molecule has 3 heteroatoms. The average Bonchev–Trinajstić information content (AvgIpc) is 2.68. The van der Waals surface area contributed by atoms with Crippen molar-refractivity contribution in [2.24, 2.45) is 0 Å². The third-order valence-corrected chi connectivity index (χ3v) is 6.66. The third kappa shape index (κ3) is 2.90.